The minimum atomic E-state index is 0.161. The highest BCUT2D eigenvalue weighted by Gasteiger charge is 2.39. The Kier molecular flexibility index (Phi) is 4.00. The number of nitrogens with two attached hydrogens (primary N) is 1. The van der Waals surface area contributed by atoms with Crippen molar-refractivity contribution < 1.29 is 4.79 Å². The van der Waals surface area contributed by atoms with Crippen molar-refractivity contribution >= 4 is 5.91 Å². The summed E-state index contributed by atoms with van der Waals surface area (Å²) in [6, 6.07) is 0.201. The second kappa shape index (κ2) is 5.20. The van der Waals surface area contributed by atoms with Crippen LogP contribution in [0.4, 0.5) is 0 Å². The second-order valence-electron chi connectivity index (χ2n) is 6.89. The van der Waals surface area contributed by atoms with Gasteiger partial charge in [0, 0.05) is 25.0 Å². The Morgan fingerprint density at radius 3 is 2.06 bits per heavy atom. The molecule has 1 aliphatic heterocycles. The van der Waals surface area contributed by atoms with E-state index in [-0.39, 0.29) is 12.0 Å². The number of likely N-dealkylation sites (tertiary alicyclic amines) is 1. The van der Waals surface area contributed by atoms with Crippen molar-refractivity contribution in [1.29, 1.82) is 0 Å². The van der Waals surface area contributed by atoms with Gasteiger partial charge in [-0.3, -0.25) is 4.79 Å². The highest BCUT2D eigenvalue weighted by Crippen LogP contribution is 2.35. The van der Waals surface area contributed by atoms with Crippen molar-refractivity contribution in [3.05, 3.63) is 0 Å². The molecule has 2 N–H and O–H groups in total. The molecular weight excluding hydrogens is 224 g/mol. The lowest BCUT2D eigenvalue weighted by molar-refractivity contribution is -0.138. The smallest absolute Gasteiger partial charge is 0.226 e. The third-order valence-electron chi connectivity index (χ3n) is 5.30. The van der Waals surface area contributed by atoms with Crippen LogP contribution >= 0.6 is 0 Å². The molecule has 2 rings (SSSR count). The summed E-state index contributed by atoms with van der Waals surface area (Å²) < 4.78 is 0. The van der Waals surface area contributed by atoms with E-state index in [0.717, 1.165) is 25.9 Å². The molecule has 0 aromatic carbocycles. The maximum absolute atomic E-state index is 12.6. The van der Waals surface area contributed by atoms with Gasteiger partial charge in [0.1, 0.15) is 0 Å². The fourth-order valence-electron chi connectivity index (χ4n) is 3.57. The normalized spacial score (nSPS) is 45.3. The van der Waals surface area contributed by atoms with Crippen LogP contribution in [0.1, 0.15) is 40.5 Å². The van der Waals surface area contributed by atoms with E-state index in [1.54, 1.807) is 0 Å². The fraction of sp³-hybridized carbons (Fsp3) is 0.933. The molecule has 2 aliphatic rings. The average molecular weight is 252 g/mol. The first kappa shape index (κ1) is 13.9. The maximum Gasteiger partial charge on any atom is 0.226 e. The number of carbonyl (C=O) groups excluding carboxylic acids is 1. The summed E-state index contributed by atoms with van der Waals surface area (Å²) in [5.74, 6) is 2.84. The van der Waals surface area contributed by atoms with Gasteiger partial charge in [0.2, 0.25) is 5.91 Å². The molecule has 0 bridgehead atoms. The molecule has 3 nitrogen and oxygen atoms in total. The van der Waals surface area contributed by atoms with Gasteiger partial charge in [0.25, 0.3) is 0 Å². The van der Waals surface area contributed by atoms with Gasteiger partial charge in [0.05, 0.1) is 0 Å². The summed E-state index contributed by atoms with van der Waals surface area (Å²) in [7, 11) is 0. The molecule has 18 heavy (non-hydrogen) atoms. The monoisotopic (exact) mass is 252 g/mol. The second-order valence-corrected chi connectivity index (χ2v) is 6.89. The van der Waals surface area contributed by atoms with Crippen LogP contribution < -0.4 is 5.73 Å². The van der Waals surface area contributed by atoms with Crippen molar-refractivity contribution in [3.8, 4) is 0 Å². The van der Waals surface area contributed by atoms with Gasteiger partial charge in [-0.05, 0) is 36.5 Å². The molecule has 3 heteroatoms. The fourth-order valence-corrected chi connectivity index (χ4v) is 3.57. The Balaban J connectivity index is 2.01. The van der Waals surface area contributed by atoms with E-state index in [9.17, 15) is 4.79 Å². The Morgan fingerprint density at radius 1 is 0.944 bits per heavy atom. The van der Waals surface area contributed by atoms with E-state index in [4.69, 9.17) is 5.73 Å². The average Bonchev–Trinajstić information content (AvgIpc) is 2.63. The zero-order chi connectivity index (χ0) is 13.4. The van der Waals surface area contributed by atoms with Gasteiger partial charge in [-0.25, -0.2) is 0 Å². The quantitative estimate of drug-likeness (QED) is 0.777. The predicted octanol–water partition coefficient (Wildman–Crippen LogP) is 2.11. The predicted molar refractivity (Wildman–Crippen MR) is 73.9 cm³/mol. The molecule has 1 aliphatic carbocycles. The highest BCUT2D eigenvalue weighted by molar-refractivity contribution is 5.79. The Hall–Kier alpha value is -0.570. The molecule has 0 aromatic heterocycles. The number of rotatable bonds is 1. The van der Waals surface area contributed by atoms with E-state index in [2.05, 4.69) is 32.6 Å². The van der Waals surface area contributed by atoms with Crippen LogP contribution in [0.3, 0.4) is 0 Å². The summed E-state index contributed by atoms with van der Waals surface area (Å²) in [6.45, 7) is 10.8. The first-order valence-electron chi connectivity index (χ1n) is 7.44. The summed E-state index contributed by atoms with van der Waals surface area (Å²) in [6.07, 6.45) is 1.97. The van der Waals surface area contributed by atoms with Crippen LogP contribution in [-0.4, -0.2) is 29.9 Å². The zero-order valence-electron chi connectivity index (χ0n) is 12.2. The van der Waals surface area contributed by atoms with Crippen LogP contribution in [0.5, 0.6) is 0 Å². The number of amides is 1. The van der Waals surface area contributed by atoms with Gasteiger partial charge in [-0.15, -0.1) is 0 Å². The third-order valence-corrected chi connectivity index (χ3v) is 5.30. The van der Waals surface area contributed by atoms with Crippen LogP contribution in [0.25, 0.3) is 0 Å². The molecule has 1 saturated carbocycles. The minimum Gasteiger partial charge on any atom is -0.342 e. The maximum atomic E-state index is 12.6. The summed E-state index contributed by atoms with van der Waals surface area (Å²) >= 11 is 0. The van der Waals surface area contributed by atoms with Crippen LogP contribution in [0, 0.1) is 29.6 Å². The first-order valence-corrected chi connectivity index (χ1v) is 7.44. The Bertz CT molecular complexity index is 308. The highest BCUT2D eigenvalue weighted by atomic mass is 16.2. The molecule has 1 saturated heterocycles. The summed E-state index contributed by atoms with van der Waals surface area (Å²) in [5.41, 5.74) is 6.15. The lowest BCUT2D eigenvalue weighted by Gasteiger charge is -2.37. The molecule has 2 fully saturated rings. The first-order chi connectivity index (χ1) is 8.40. The van der Waals surface area contributed by atoms with E-state index < -0.39 is 0 Å². The van der Waals surface area contributed by atoms with Gasteiger partial charge in [0.15, 0.2) is 0 Å². The lowest BCUT2D eigenvalue weighted by Crippen LogP contribution is -2.46. The molecule has 6 atom stereocenters. The van der Waals surface area contributed by atoms with E-state index in [1.165, 1.54) is 0 Å². The zero-order valence-corrected chi connectivity index (χ0v) is 12.2. The molecule has 0 aromatic rings. The van der Waals surface area contributed by atoms with Gasteiger partial charge >= 0.3 is 0 Å². The molecule has 1 amide bonds. The largest absolute Gasteiger partial charge is 0.342 e. The molecule has 0 radical (unpaired) electrons. The Morgan fingerprint density at radius 2 is 1.50 bits per heavy atom. The number of hydrogen-bond acceptors (Lipinski definition) is 2. The van der Waals surface area contributed by atoms with Gasteiger partial charge in [-0.1, -0.05) is 27.7 Å². The molecule has 6 unspecified atom stereocenters. The SMILES string of the molecule is CC1CN(C(=O)C2CC(N)C(C)CC2C)CC1C. The van der Waals surface area contributed by atoms with Gasteiger partial charge < -0.3 is 10.6 Å². The van der Waals surface area contributed by atoms with Crippen molar-refractivity contribution in [2.75, 3.05) is 13.1 Å². The summed E-state index contributed by atoms with van der Waals surface area (Å²) in [5, 5.41) is 0. The van der Waals surface area contributed by atoms with Crippen LogP contribution in [-0.2, 0) is 4.79 Å². The summed E-state index contributed by atoms with van der Waals surface area (Å²) in [4.78, 5) is 14.7. The molecule has 104 valence electrons. The molecule has 1 heterocycles. The Labute approximate surface area is 111 Å². The van der Waals surface area contributed by atoms with Crippen molar-refractivity contribution in [2.24, 2.45) is 35.3 Å². The number of carbonyl (C=O) groups is 1. The van der Waals surface area contributed by atoms with Crippen molar-refractivity contribution in [1.82, 2.24) is 4.90 Å². The van der Waals surface area contributed by atoms with Gasteiger partial charge in [-0.2, -0.15) is 0 Å². The standard InChI is InChI=1S/C15H28N2O/c1-9-5-10(2)14(16)6-13(9)15(18)17-7-11(3)12(4)8-17/h9-14H,5-8,16H2,1-4H3. The van der Waals surface area contributed by atoms with Crippen molar-refractivity contribution in [2.45, 2.75) is 46.6 Å². The van der Waals surface area contributed by atoms with E-state index in [0.29, 0.717) is 29.6 Å². The number of nitrogens with zero attached hydrogens (tertiary/aromatic N) is 1. The van der Waals surface area contributed by atoms with E-state index >= 15 is 0 Å². The van der Waals surface area contributed by atoms with Crippen molar-refractivity contribution in [3.63, 3.8) is 0 Å². The van der Waals surface area contributed by atoms with Crippen LogP contribution in [0.2, 0.25) is 0 Å². The van der Waals surface area contributed by atoms with Crippen LogP contribution in [0.15, 0.2) is 0 Å². The minimum absolute atomic E-state index is 0.161. The molecule has 0 spiro atoms. The number of hydrogen-bond donors (Lipinski definition) is 1. The lowest BCUT2D eigenvalue weighted by atomic mass is 9.72. The van der Waals surface area contributed by atoms with E-state index in [1.807, 2.05) is 0 Å². The molecular formula is C15H28N2O. The topological polar surface area (TPSA) is 46.3 Å². The third kappa shape index (κ3) is 2.56.